The number of benzene rings is 15. The molecule has 0 bridgehead atoms. The van der Waals surface area contributed by atoms with Gasteiger partial charge in [0.1, 0.15) is 0 Å². The van der Waals surface area contributed by atoms with Crippen LogP contribution < -0.4 is 0 Å². The van der Waals surface area contributed by atoms with Crippen molar-refractivity contribution in [3.05, 3.63) is 420 Å². The first-order valence-electron chi connectivity index (χ1n) is 37.5. The molecular weight excluding hydrogens is 1360 g/mol. The van der Waals surface area contributed by atoms with Gasteiger partial charge in [0, 0.05) is 58.4 Å². The van der Waals surface area contributed by atoms with Gasteiger partial charge in [-0.25, -0.2) is 19.9 Å². The highest BCUT2D eigenvalue weighted by Gasteiger charge is 2.52. The molecule has 0 fully saturated rings. The fourth-order valence-electron chi connectivity index (χ4n) is 18.7. The zero-order chi connectivity index (χ0) is 72.1. The molecule has 0 N–H and O–H groups in total. The summed E-state index contributed by atoms with van der Waals surface area (Å²) in [6.45, 7) is 4.76. The van der Waals surface area contributed by atoms with Crippen molar-refractivity contribution in [1.29, 1.82) is 0 Å². The van der Waals surface area contributed by atoms with E-state index < -0.39 is 10.8 Å². The summed E-state index contributed by atoms with van der Waals surface area (Å²) in [5, 5.41) is 0. The van der Waals surface area contributed by atoms with Gasteiger partial charge in [0.2, 0.25) is 0 Å². The van der Waals surface area contributed by atoms with Gasteiger partial charge in [0.25, 0.3) is 0 Å². The standard InChI is InChI=1S/C103H66N4S2/c1-101(2)81-52-47-68(70-49-54-97-89(58-70)103(84-38-20-16-33-76(84)77-34-17-21-39-85(77)103)90-59-71(50-55-98(90)109-97)73-30-12-13-35-79(73)94-62-92(64-24-6-3-7-25-64)105-100(107-94)67-28-10-5-11-29-67)56-80(81)78-51-46-72(60-87(78)101)93-61-91(104-99(106-93)66-26-8-4-9-27-66)65-44-42-63(43-45-65)69-48-53-96-88(57-69)102(86-40-22-23-41-95(86)108-96)82-36-18-14-31-74(82)75-32-15-19-37-83(75)102/h3-62H,1-2H3. The van der Waals surface area contributed by atoms with Gasteiger partial charge in [-0.15, -0.1) is 0 Å². The molecule has 0 radical (unpaired) electrons. The van der Waals surface area contributed by atoms with Gasteiger partial charge in [0.05, 0.1) is 33.6 Å². The third-order valence-corrected chi connectivity index (χ3v) is 26.0. The van der Waals surface area contributed by atoms with Crippen LogP contribution in [0.3, 0.4) is 0 Å². The van der Waals surface area contributed by atoms with E-state index in [0.717, 1.165) is 72.8 Å². The predicted octanol–water partition coefficient (Wildman–Crippen LogP) is 26.2. The maximum absolute atomic E-state index is 5.41. The fraction of sp³-hybridized carbons (Fsp3) is 0.0485. The number of aromatic nitrogens is 4. The second-order valence-corrected chi connectivity index (χ2v) is 32.0. The highest BCUT2D eigenvalue weighted by molar-refractivity contribution is 7.99. The van der Waals surface area contributed by atoms with E-state index in [1.54, 1.807) is 0 Å². The maximum Gasteiger partial charge on any atom is 0.160 e. The SMILES string of the molecule is CC1(C)c2ccc(-c3ccc4c(c3)C3(c5cc(-c6ccccc6-c6cc(-c7ccccc7)nc(-c7ccccc7)n6)ccc5S4)c4ccccc4-c4ccccc43)cc2-c2ccc(-c3cc(-c4ccc(-c5ccc6c(c5)C5(c7ccccc7S6)c6ccccc6-c6ccccc65)cc4)nc(-c4ccccc4)n3)cc21. The van der Waals surface area contributed by atoms with Crippen molar-refractivity contribution < 1.29 is 0 Å². The van der Waals surface area contributed by atoms with Crippen LogP contribution in [0.4, 0.5) is 0 Å². The maximum atomic E-state index is 5.41. The average molecular weight is 1420 g/mol. The molecule has 0 saturated heterocycles. The number of hydrogen-bond acceptors (Lipinski definition) is 6. The van der Waals surface area contributed by atoms with E-state index in [1.165, 1.54) is 125 Å². The van der Waals surface area contributed by atoms with Gasteiger partial charge >= 0.3 is 0 Å². The number of rotatable bonds is 9. The molecule has 22 rings (SSSR count). The summed E-state index contributed by atoms with van der Waals surface area (Å²) in [5.41, 5.74) is 35.9. The number of nitrogens with zero attached hydrogens (tertiary/aromatic N) is 4. The van der Waals surface area contributed by atoms with Crippen LogP contribution in [0.1, 0.15) is 69.5 Å². The summed E-state index contributed by atoms with van der Waals surface area (Å²) in [6.07, 6.45) is 0. The van der Waals surface area contributed by atoms with E-state index in [1.807, 2.05) is 29.6 Å². The van der Waals surface area contributed by atoms with E-state index in [-0.39, 0.29) is 5.41 Å². The van der Waals surface area contributed by atoms with Crippen LogP contribution in [-0.4, -0.2) is 19.9 Å². The van der Waals surface area contributed by atoms with Crippen LogP contribution in [0.15, 0.2) is 384 Å². The second kappa shape index (κ2) is 24.6. The van der Waals surface area contributed by atoms with Gasteiger partial charge < -0.3 is 0 Å². The summed E-state index contributed by atoms with van der Waals surface area (Å²) in [5.74, 6) is 1.39. The van der Waals surface area contributed by atoms with Crippen molar-refractivity contribution in [3.63, 3.8) is 0 Å². The van der Waals surface area contributed by atoms with Gasteiger partial charge in [-0.1, -0.05) is 335 Å². The van der Waals surface area contributed by atoms with Crippen molar-refractivity contribution in [1.82, 2.24) is 19.9 Å². The van der Waals surface area contributed by atoms with Crippen LogP contribution in [0.2, 0.25) is 0 Å². The molecule has 4 nitrogen and oxygen atoms in total. The Morgan fingerprint density at radius 2 is 0.514 bits per heavy atom. The van der Waals surface area contributed by atoms with Crippen LogP contribution in [0.5, 0.6) is 0 Å². The Morgan fingerprint density at radius 1 is 0.183 bits per heavy atom. The molecule has 2 aromatic heterocycles. The average Bonchev–Trinajstić information content (AvgIpc) is 1.56. The number of hydrogen-bond donors (Lipinski definition) is 0. The van der Waals surface area contributed by atoms with Gasteiger partial charge in [-0.05, 0) is 189 Å². The molecule has 510 valence electrons. The van der Waals surface area contributed by atoms with Gasteiger partial charge in [0.15, 0.2) is 11.6 Å². The van der Waals surface area contributed by atoms with Gasteiger partial charge in [-0.2, -0.15) is 0 Å². The summed E-state index contributed by atoms with van der Waals surface area (Å²) < 4.78 is 0. The topological polar surface area (TPSA) is 51.6 Å². The Labute approximate surface area is 642 Å². The molecule has 0 saturated carbocycles. The summed E-state index contributed by atoms with van der Waals surface area (Å²) in [6, 6.07) is 134. The Kier molecular flexibility index (Phi) is 14.3. The van der Waals surface area contributed by atoms with Crippen LogP contribution in [-0.2, 0) is 16.2 Å². The monoisotopic (exact) mass is 1420 g/mol. The highest BCUT2D eigenvalue weighted by Crippen LogP contribution is 2.65. The zero-order valence-electron chi connectivity index (χ0n) is 59.7. The first kappa shape index (κ1) is 63.4. The first-order valence-corrected chi connectivity index (χ1v) is 39.1. The Balaban J connectivity index is 0.624. The minimum atomic E-state index is -0.635. The van der Waals surface area contributed by atoms with Crippen molar-refractivity contribution >= 4 is 23.5 Å². The predicted molar refractivity (Wildman–Crippen MR) is 447 cm³/mol. The van der Waals surface area contributed by atoms with Gasteiger partial charge in [-0.3, -0.25) is 0 Å². The fourth-order valence-corrected chi connectivity index (χ4v) is 21.0. The molecule has 109 heavy (non-hydrogen) atoms. The lowest BCUT2D eigenvalue weighted by Crippen LogP contribution is -2.32. The molecular formula is C103H66N4S2. The molecule has 2 spiro atoms. The van der Waals surface area contributed by atoms with E-state index >= 15 is 0 Å². The molecule has 15 aromatic carbocycles. The molecule has 6 heteroatoms. The lowest BCUT2D eigenvalue weighted by Gasteiger charge is -2.40. The van der Waals surface area contributed by atoms with Crippen LogP contribution in [0, 0.1) is 0 Å². The van der Waals surface area contributed by atoms with E-state index in [0.29, 0.717) is 11.6 Å². The Hall–Kier alpha value is -12.8. The zero-order valence-corrected chi connectivity index (χ0v) is 61.4. The third-order valence-electron chi connectivity index (χ3n) is 23.7. The van der Waals surface area contributed by atoms with Crippen molar-refractivity contribution in [2.24, 2.45) is 0 Å². The summed E-state index contributed by atoms with van der Waals surface area (Å²) in [4.78, 5) is 26.4. The van der Waals surface area contributed by atoms with E-state index in [2.05, 4.69) is 372 Å². The molecule has 0 amide bonds. The molecule has 0 unspecified atom stereocenters. The van der Waals surface area contributed by atoms with E-state index in [4.69, 9.17) is 19.9 Å². The quantitative estimate of drug-likeness (QED) is 0.144. The van der Waals surface area contributed by atoms with Crippen molar-refractivity contribution in [3.8, 4) is 135 Å². The minimum absolute atomic E-state index is 0.300. The molecule has 17 aromatic rings. The van der Waals surface area contributed by atoms with Crippen LogP contribution in [0.25, 0.3) is 135 Å². The van der Waals surface area contributed by atoms with E-state index in [9.17, 15) is 0 Å². The van der Waals surface area contributed by atoms with Crippen LogP contribution >= 0.6 is 23.5 Å². The molecule has 3 aliphatic carbocycles. The molecule has 4 heterocycles. The lowest BCUT2D eigenvalue weighted by molar-refractivity contribution is 0.660. The molecule has 5 aliphatic rings. The van der Waals surface area contributed by atoms with Crippen molar-refractivity contribution in [2.75, 3.05) is 0 Å². The normalized spacial score (nSPS) is 14.1. The Morgan fingerprint density at radius 3 is 1.06 bits per heavy atom. The van der Waals surface area contributed by atoms with Crippen molar-refractivity contribution in [2.45, 2.75) is 49.7 Å². The molecule has 0 atom stereocenters. The minimum Gasteiger partial charge on any atom is -0.228 e. The Bertz CT molecular complexity index is 6490. The number of fused-ring (bicyclic) bond motifs is 21. The summed E-state index contributed by atoms with van der Waals surface area (Å²) >= 11 is 3.76. The first-order chi connectivity index (χ1) is 53.7. The lowest BCUT2D eigenvalue weighted by atomic mass is 9.66. The molecule has 2 aliphatic heterocycles. The third kappa shape index (κ3) is 9.68. The second-order valence-electron chi connectivity index (χ2n) is 29.8. The highest BCUT2D eigenvalue weighted by atomic mass is 32.2. The largest absolute Gasteiger partial charge is 0.228 e. The smallest absolute Gasteiger partial charge is 0.160 e. The summed E-state index contributed by atoms with van der Waals surface area (Å²) in [7, 11) is 0.